The van der Waals surface area contributed by atoms with Gasteiger partial charge >= 0.3 is 5.97 Å². The van der Waals surface area contributed by atoms with Crippen LogP contribution in [0.15, 0.2) is 60.7 Å². The number of aryl methyl sites for hydroxylation is 1. The highest BCUT2D eigenvalue weighted by atomic mass is 35.5. The average Bonchev–Trinajstić information content (AvgIpc) is 2.72. The topological polar surface area (TPSA) is 67.8 Å². The van der Waals surface area contributed by atoms with E-state index in [2.05, 4.69) is 24.4 Å². The monoisotopic (exact) mass is 425 g/mol. The van der Waals surface area contributed by atoms with Crippen molar-refractivity contribution in [3.63, 3.8) is 0 Å². The standard InChI is InChI=1S/C24H24ClNO4/c1-3-29-23-12-17(14-26-19-9-10-20(24(27)28)21(25)13-19)8-11-22(23)30-15-18-7-5-4-6-16(18)2/h4-13,26H,3,14-15H2,1-2H3,(H,27,28). The number of carboxylic acids is 1. The van der Waals surface area contributed by atoms with E-state index in [1.54, 1.807) is 12.1 Å². The van der Waals surface area contributed by atoms with Gasteiger partial charge in [-0.15, -0.1) is 0 Å². The minimum Gasteiger partial charge on any atom is -0.490 e. The molecule has 0 heterocycles. The highest BCUT2D eigenvalue weighted by Crippen LogP contribution is 2.30. The van der Waals surface area contributed by atoms with E-state index in [9.17, 15) is 4.79 Å². The van der Waals surface area contributed by atoms with Crippen LogP contribution in [0.3, 0.4) is 0 Å². The molecule has 0 spiro atoms. The highest BCUT2D eigenvalue weighted by Gasteiger charge is 2.10. The molecule has 0 saturated heterocycles. The Labute approximate surface area is 181 Å². The number of ether oxygens (including phenoxy) is 2. The van der Waals surface area contributed by atoms with Crippen LogP contribution in [0.1, 0.15) is 34.0 Å². The van der Waals surface area contributed by atoms with Crippen LogP contribution >= 0.6 is 11.6 Å². The van der Waals surface area contributed by atoms with Crippen LogP contribution in [0.5, 0.6) is 11.5 Å². The first kappa shape index (κ1) is 21.5. The van der Waals surface area contributed by atoms with Gasteiger partial charge in [0.15, 0.2) is 11.5 Å². The fourth-order valence-corrected chi connectivity index (χ4v) is 3.24. The Morgan fingerprint density at radius 1 is 1.03 bits per heavy atom. The summed E-state index contributed by atoms with van der Waals surface area (Å²) in [5.41, 5.74) is 4.13. The third kappa shape index (κ3) is 5.45. The van der Waals surface area contributed by atoms with Crippen LogP contribution in [0.25, 0.3) is 0 Å². The lowest BCUT2D eigenvalue weighted by atomic mass is 10.1. The molecule has 3 aromatic carbocycles. The van der Waals surface area contributed by atoms with E-state index in [0.717, 1.165) is 16.8 Å². The van der Waals surface area contributed by atoms with Crippen LogP contribution in [0.4, 0.5) is 5.69 Å². The van der Waals surface area contributed by atoms with E-state index in [1.165, 1.54) is 11.6 Å². The summed E-state index contributed by atoms with van der Waals surface area (Å²) < 4.78 is 11.8. The second kappa shape index (κ2) is 10.0. The van der Waals surface area contributed by atoms with Gasteiger partial charge < -0.3 is 19.9 Å². The molecule has 0 aliphatic carbocycles. The Bertz CT molecular complexity index is 1040. The van der Waals surface area contributed by atoms with E-state index in [-0.39, 0.29) is 10.6 Å². The van der Waals surface area contributed by atoms with Crippen molar-refractivity contribution in [1.82, 2.24) is 0 Å². The molecule has 0 fully saturated rings. The van der Waals surface area contributed by atoms with E-state index in [4.69, 9.17) is 26.2 Å². The van der Waals surface area contributed by atoms with Gasteiger partial charge in [0.2, 0.25) is 0 Å². The molecule has 0 amide bonds. The number of benzene rings is 3. The van der Waals surface area contributed by atoms with Gasteiger partial charge in [0.25, 0.3) is 0 Å². The van der Waals surface area contributed by atoms with Gasteiger partial charge in [0.1, 0.15) is 6.61 Å². The maximum atomic E-state index is 11.1. The van der Waals surface area contributed by atoms with E-state index < -0.39 is 5.97 Å². The van der Waals surface area contributed by atoms with Crippen LogP contribution in [0.2, 0.25) is 5.02 Å². The number of hydrogen-bond acceptors (Lipinski definition) is 4. The molecule has 0 saturated carbocycles. The lowest BCUT2D eigenvalue weighted by Gasteiger charge is -2.15. The molecule has 2 N–H and O–H groups in total. The van der Waals surface area contributed by atoms with Crippen molar-refractivity contribution in [3.05, 3.63) is 87.9 Å². The number of halogens is 1. The minimum atomic E-state index is -1.05. The van der Waals surface area contributed by atoms with Gasteiger partial charge in [0, 0.05) is 12.2 Å². The quantitative estimate of drug-likeness (QED) is 0.444. The number of rotatable bonds is 9. The van der Waals surface area contributed by atoms with Crippen molar-refractivity contribution in [3.8, 4) is 11.5 Å². The first-order valence-corrected chi connectivity index (χ1v) is 10.1. The Morgan fingerprint density at radius 3 is 2.53 bits per heavy atom. The molecule has 0 radical (unpaired) electrons. The average molecular weight is 426 g/mol. The summed E-state index contributed by atoms with van der Waals surface area (Å²) in [5, 5.41) is 12.5. The molecule has 0 aromatic heterocycles. The molecule has 3 aromatic rings. The first-order chi connectivity index (χ1) is 14.5. The van der Waals surface area contributed by atoms with Gasteiger partial charge in [-0.25, -0.2) is 4.79 Å². The molecule has 5 nitrogen and oxygen atoms in total. The van der Waals surface area contributed by atoms with Gasteiger partial charge in [-0.05, 0) is 60.9 Å². The number of carbonyl (C=O) groups is 1. The van der Waals surface area contributed by atoms with Crippen molar-refractivity contribution < 1.29 is 19.4 Å². The molecular weight excluding hydrogens is 402 g/mol. The second-order valence-corrected chi connectivity index (χ2v) is 7.19. The largest absolute Gasteiger partial charge is 0.490 e. The second-order valence-electron chi connectivity index (χ2n) is 6.78. The summed E-state index contributed by atoms with van der Waals surface area (Å²) in [4.78, 5) is 11.1. The third-order valence-electron chi connectivity index (χ3n) is 4.65. The third-order valence-corrected chi connectivity index (χ3v) is 4.96. The van der Waals surface area contributed by atoms with Crippen molar-refractivity contribution in [2.45, 2.75) is 27.0 Å². The molecule has 156 valence electrons. The summed E-state index contributed by atoms with van der Waals surface area (Å²) in [6.07, 6.45) is 0. The van der Waals surface area contributed by atoms with Crippen LogP contribution < -0.4 is 14.8 Å². The zero-order valence-electron chi connectivity index (χ0n) is 16.9. The number of anilines is 1. The molecule has 0 aliphatic heterocycles. The zero-order valence-corrected chi connectivity index (χ0v) is 17.7. The maximum absolute atomic E-state index is 11.1. The Kier molecular flexibility index (Phi) is 7.20. The van der Waals surface area contributed by atoms with Crippen molar-refractivity contribution >= 4 is 23.3 Å². The predicted octanol–water partition coefficient (Wildman–Crippen LogP) is 5.94. The molecule has 0 bridgehead atoms. The van der Waals surface area contributed by atoms with Crippen LogP contribution in [-0.2, 0) is 13.2 Å². The van der Waals surface area contributed by atoms with Crippen molar-refractivity contribution in [2.75, 3.05) is 11.9 Å². The van der Waals surface area contributed by atoms with Gasteiger partial charge in [-0.2, -0.15) is 0 Å². The molecule has 6 heteroatoms. The summed E-state index contributed by atoms with van der Waals surface area (Å²) >= 11 is 6.03. The SMILES string of the molecule is CCOc1cc(CNc2ccc(C(=O)O)c(Cl)c2)ccc1OCc1ccccc1C. The number of carboxylic acid groups (broad SMARTS) is 1. The molecule has 30 heavy (non-hydrogen) atoms. The Morgan fingerprint density at radius 2 is 1.83 bits per heavy atom. The highest BCUT2D eigenvalue weighted by molar-refractivity contribution is 6.33. The molecule has 0 aliphatic rings. The first-order valence-electron chi connectivity index (χ1n) is 9.67. The fourth-order valence-electron chi connectivity index (χ4n) is 2.98. The summed E-state index contributed by atoms with van der Waals surface area (Å²) in [7, 11) is 0. The van der Waals surface area contributed by atoms with Gasteiger partial charge in [-0.3, -0.25) is 0 Å². The van der Waals surface area contributed by atoms with E-state index >= 15 is 0 Å². The molecule has 0 atom stereocenters. The fraction of sp³-hybridized carbons (Fsp3) is 0.208. The van der Waals surface area contributed by atoms with Gasteiger partial charge in [0.05, 0.1) is 17.2 Å². The zero-order chi connectivity index (χ0) is 21.5. The maximum Gasteiger partial charge on any atom is 0.337 e. The lowest BCUT2D eigenvalue weighted by molar-refractivity contribution is 0.0697. The van der Waals surface area contributed by atoms with Gasteiger partial charge in [-0.1, -0.05) is 41.9 Å². The minimum absolute atomic E-state index is 0.0796. The number of hydrogen-bond donors (Lipinski definition) is 2. The summed E-state index contributed by atoms with van der Waals surface area (Å²) in [6, 6.07) is 18.7. The number of nitrogens with one attached hydrogen (secondary N) is 1. The molecular formula is C24H24ClNO4. The summed E-state index contributed by atoms with van der Waals surface area (Å²) in [5.74, 6) is 0.330. The summed E-state index contributed by atoms with van der Waals surface area (Å²) in [6.45, 7) is 5.53. The van der Waals surface area contributed by atoms with Crippen LogP contribution in [0, 0.1) is 6.92 Å². The van der Waals surface area contributed by atoms with Crippen LogP contribution in [-0.4, -0.2) is 17.7 Å². The van der Waals surface area contributed by atoms with E-state index in [0.29, 0.717) is 31.3 Å². The molecule has 3 rings (SSSR count). The predicted molar refractivity (Wildman–Crippen MR) is 119 cm³/mol. The Balaban J connectivity index is 1.69. The number of aromatic carboxylic acids is 1. The Hall–Kier alpha value is -3.18. The normalized spacial score (nSPS) is 10.5. The van der Waals surface area contributed by atoms with E-state index in [1.807, 2.05) is 37.3 Å². The van der Waals surface area contributed by atoms with Crippen molar-refractivity contribution in [2.24, 2.45) is 0 Å². The van der Waals surface area contributed by atoms with Crippen molar-refractivity contribution in [1.29, 1.82) is 0 Å². The molecule has 0 unspecified atom stereocenters. The smallest absolute Gasteiger partial charge is 0.337 e. The lowest BCUT2D eigenvalue weighted by Crippen LogP contribution is -2.04.